The fraction of sp³-hybridized carbons (Fsp3) is 0.125. The van der Waals surface area contributed by atoms with E-state index in [-0.39, 0.29) is 5.91 Å². The highest BCUT2D eigenvalue weighted by molar-refractivity contribution is 9.10. The number of hydrogen-bond donors (Lipinski definition) is 0. The number of hydrogen-bond acceptors (Lipinski definition) is 5. The summed E-state index contributed by atoms with van der Waals surface area (Å²) in [5.74, 6) is 1.09. The maximum atomic E-state index is 13.7. The highest BCUT2D eigenvalue weighted by Crippen LogP contribution is 2.39. The molecule has 1 aliphatic rings. The summed E-state index contributed by atoms with van der Waals surface area (Å²) in [6, 6.07) is 31.6. The van der Waals surface area contributed by atoms with Crippen LogP contribution in [0.4, 0.5) is 5.69 Å². The van der Waals surface area contributed by atoms with Crippen LogP contribution in [0.25, 0.3) is 6.08 Å². The summed E-state index contributed by atoms with van der Waals surface area (Å²) in [5.41, 5.74) is 4.78. The summed E-state index contributed by atoms with van der Waals surface area (Å²) in [5, 5.41) is 0.638. The molecule has 39 heavy (non-hydrogen) atoms. The van der Waals surface area contributed by atoms with Crippen molar-refractivity contribution in [3.8, 4) is 11.5 Å². The maximum absolute atomic E-state index is 13.7. The first-order valence-electron chi connectivity index (χ1n) is 12.4. The summed E-state index contributed by atoms with van der Waals surface area (Å²) >= 11 is 4.83. The number of para-hydroxylation sites is 1. The Balaban J connectivity index is 1.48. The maximum Gasteiger partial charge on any atom is 0.267 e. The monoisotopic (exact) mass is 598 g/mol. The minimum Gasteiger partial charge on any atom is -0.493 e. The Morgan fingerprint density at radius 1 is 0.897 bits per heavy atom. The van der Waals surface area contributed by atoms with E-state index in [1.165, 1.54) is 11.8 Å². The lowest BCUT2D eigenvalue weighted by atomic mass is 10.1. The molecule has 7 heteroatoms. The Kier molecular flexibility index (Phi) is 8.49. The third kappa shape index (κ3) is 6.61. The van der Waals surface area contributed by atoms with Gasteiger partial charge in [-0.3, -0.25) is 9.69 Å². The summed E-state index contributed by atoms with van der Waals surface area (Å²) < 4.78 is 12.9. The minimum absolute atomic E-state index is 0.101. The molecule has 1 heterocycles. The van der Waals surface area contributed by atoms with Crippen molar-refractivity contribution in [2.75, 3.05) is 7.11 Å². The number of carbonyl (C=O) groups excluding carboxylic acids is 1. The molecule has 1 saturated heterocycles. The van der Waals surface area contributed by atoms with Crippen molar-refractivity contribution >= 4 is 50.5 Å². The summed E-state index contributed by atoms with van der Waals surface area (Å²) in [7, 11) is 1.61. The Morgan fingerprint density at radius 2 is 1.64 bits per heavy atom. The zero-order valence-corrected chi connectivity index (χ0v) is 24.0. The molecule has 196 valence electrons. The molecule has 0 bridgehead atoms. The van der Waals surface area contributed by atoms with Gasteiger partial charge in [0.1, 0.15) is 6.61 Å². The van der Waals surface area contributed by atoms with Crippen molar-refractivity contribution in [3.05, 3.63) is 129 Å². The van der Waals surface area contributed by atoms with Gasteiger partial charge in [0.25, 0.3) is 5.91 Å². The van der Waals surface area contributed by atoms with Gasteiger partial charge in [0.05, 0.1) is 24.2 Å². The molecule has 0 atom stereocenters. The number of aryl methyl sites for hydroxylation is 1. The van der Waals surface area contributed by atoms with Gasteiger partial charge in [-0.05, 0) is 66.2 Å². The van der Waals surface area contributed by atoms with E-state index in [1.807, 2.05) is 110 Å². The molecular weight excluding hydrogens is 572 g/mol. The first kappa shape index (κ1) is 26.8. The van der Waals surface area contributed by atoms with E-state index >= 15 is 0 Å². The average molecular weight is 600 g/mol. The second-order valence-electron chi connectivity index (χ2n) is 9.01. The molecule has 0 unspecified atom stereocenters. The van der Waals surface area contributed by atoms with Crippen LogP contribution in [0.15, 0.2) is 111 Å². The molecule has 0 aliphatic carbocycles. The van der Waals surface area contributed by atoms with Gasteiger partial charge in [-0.1, -0.05) is 88.2 Å². The molecular formula is C32H27BrN2O3S. The van der Waals surface area contributed by atoms with Gasteiger partial charge in [0, 0.05) is 10.0 Å². The van der Waals surface area contributed by atoms with E-state index in [4.69, 9.17) is 14.5 Å². The van der Waals surface area contributed by atoms with Crippen molar-refractivity contribution < 1.29 is 14.3 Å². The average Bonchev–Trinajstić information content (AvgIpc) is 3.23. The van der Waals surface area contributed by atoms with Crippen LogP contribution in [-0.2, 0) is 17.9 Å². The lowest BCUT2D eigenvalue weighted by molar-refractivity contribution is -0.122. The number of nitrogens with zero attached hydrogens (tertiary/aromatic N) is 2. The van der Waals surface area contributed by atoms with Gasteiger partial charge >= 0.3 is 0 Å². The second-order valence-corrected chi connectivity index (χ2v) is 10.9. The van der Waals surface area contributed by atoms with Crippen LogP contribution in [-0.4, -0.2) is 23.1 Å². The molecule has 4 aromatic carbocycles. The molecule has 1 amide bonds. The standard InChI is InChI=1S/C32H27BrN2O3S/c1-22-11-17-27(18-12-22)34-32-35(20-23-7-4-3-5-8-23)31(36)29(39-32)19-25-9-6-10-28(37-2)30(25)38-21-24-13-15-26(33)16-14-24/h3-19H,20-21H2,1-2H3/b29-19+,34-32?. The van der Waals surface area contributed by atoms with Crippen molar-refractivity contribution in [1.82, 2.24) is 4.90 Å². The summed E-state index contributed by atoms with van der Waals surface area (Å²) in [6.45, 7) is 2.84. The number of amides is 1. The van der Waals surface area contributed by atoms with E-state index in [2.05, 4.69) is 15.9 Å². The molecule has 0 aromatic heterocycles. The molecule has 0 radical (unpaired) electrons. The van der Waals surface area contributed by atoms with E-state index < -0.39 is 0 Å². The smallest absolute Gasteiger partial charge is 0.267 e. The molecule has 1 fully saturated rings. The van der Waals surface area contributed by atoms with Gasteiger partial charge in [0.2, 0.25) is 0 Å². The fourth-order valence-electron chi connectivity index (χ4n) is 4.07. The van der Waals surface area contributed by atoms with Crippen LogP contribution in [0.5, 0.6) is 11.5 Å². The number of thioether (sulfide) groups is 1. The van der Waals surface area contributed by atoms with Gasteiger partial charge in [-0.25, -0.2) is 4.99 Å². The lowest BCUT2D eigenvalue weighted by Gasteiger charge is -2.16. The largest absolute Gasteiger partial charge is 0.493 e. The summed E-state index contributed by atoms with van der Waals surface area (Å²) in [6.07, 6.45) is 1.86. The zero-order chi connectivity index (χ0) is 27.2. The SMILES string of the molecule is COc1cccc(/C=C2/SC(=Nc3ccc(C)cc3)N(Cc3ccccc3)C2=O)c1OCc1ccc(Br)cc1. The van der Waals surface area contributed by atoms with Crippen LogP contribution in [0.3, 0.4) is 0 Å². The number of benzene rings is 4. The van der Waals surface area contributed by atoms with Crippen LogP contribution < -0.4 is 9.47 Å². The fourth-order valence-corrected chi connectivity index (χ4v) is 5.32. The van der Waals surface area contributed by atoms with Crippen LogP contribution in [0, 0.1) is 6.92 Å². The van der Waals surface area contributed by atoms with E-state index in [1.54, 1.807) is 12.0 Å². The zero-order valence-electron chi connectivity index (χ0n) is 21.6. The Labute approximate surface area is 241 Å². The minimum atomic E-state index is -0.101. The number of ether oxygens (including phenoxy) is 2. The quantitative estimate of drug-likeness (QED) is 0.192. The number of carbonyl (C=O) groups is 1. The second kappa shape index (κ2) is 12.4. The highest BCUT2D eigenvalue weighted by atomic mass is 79.9. The number of aliphatic imine (C=N–C) groups is 1. The Morgan fingerprint density at radius 3 is 2.36 bits per heavy atom. The van der Waals surface area contributed by atoms with Crippen molar-refractivity contribution in [3.63, 3.8) is 0 Å². The third-order valence-electron chi connectivity index (χ3n) is 6.14. The molecule has 4 aromatic rings. The van der Waals surface area contributed by atoms with Gasteiger partial charge in [-0.15, -0.1) is 0 Å². The van der Waals surface area contributed by atoms with Gasteiger partial charge < -0.3 is 9.47 Å². The number of rotatable bonds is 8. The van der Waals surface area contributed by atoms with Gasteiger partial charge in [0.15, 0.2) is 16.7 Å². The predicted molar refractivity (Wildman–Crippen MR) is 162 cm³/mol. The van der Waals surface area contributed by atoms with E-state index in [0.717, 1.165) is 32.4 Å². The first-order valence-corrected chi connectivity index (χ1v) is 14.1. The summed E-state index contributed by atoms with van der Waals surface area (Å²) in [4.78, 5) is 20.9. The van der Waals surface area contributed by atoms with Gasteiger partial charge in [-0.2, -0.15) is 0 Å². The topological polar surface area (TPSA) is 51.1 Å². The molecule has 0 saturated carbocycles. The molecule has 0 N–H and O–H groups in total. The van der Waals surface area contributed by atoms with Crippen LogP contribution in [0.1, 0.15) is 22.3 Å². The molecule has 5 nitrogen and oxygen atoms in total. The Bertz CT molecular complexity index is 1520. The van der Waals surface area contributed by atoms with Crippen molar-refractivity contribution in [1.29, 1.82) is 0 Å². The predicted octanol–water partition coefficient (Wildman–Crippen LogP) is 8.15. The lowest BCUT2D eigenvalue weighted by Crippen LogP contribution is -2.28. The van der Waals surface area contributed by atoms with Crippen LogP contribution in [0.2, 0.25) is 0 Å². The normalized spacial score (nSPS) is 15.3. The molecule has 5 rings (SSSR count). The van der Waals surface area contributed by atoms with E-state index in [0.29, 0.717) is 34.7 Å². The first-order chi connectivity index (χ1) is 19.0. The van der Waals surface area contributed by atoms with Crippen LogP contribution >= 0.6 is 27.7 Å². The molecule has 1 aliphatic heterocycles. The third-order valence-corrected chi connectivity index (χ3v) is 7.68. The molecule has 0 spiro atoms. The number of methoxy groups -OCH3 is 1. The van der Waals surface area contributed by atoms with Crippen molar-refractivity contribution in [2.45, 2.75) is 20.1 Å². The number of amidine groups is 1. The Hall–Kier alpha value is -3.81. The number of halogens is 1. The highest BCUT2D eigenvalue weighted by Gasteiger charge is 2.34. The van der Waals surface area contributed by atoms with E-state index in [9.17, 15) is 4.79 Å². The van der Waals surface area contributed by atoms with Crippen molar-refractivity contribution in [2.24, 2.45) is 4.99 Å².